The zero-order valence-corrected chi connectivity index (χ0v) is 11.5. The maximum atomic E-state index is 6.09. The van der Waals surface area contributed by atoms with Crippen LogP contribution in [0.4, 0.5) is 5.69 Å². The second-order valence-electron chi connectivity index (χ2n) is 3.72. The summed E-state index contributed by atoms with van der Waals surface area (Å²) < 4.78 is 1.66. The molecule has 0 atom stereocenters. The normalized spacial score (nSPS) is 10.9. The largest absolute Gasteiger partial charge is 0.397 e. The Kier molecular flexibility index (Phi) is 3.25. The summed E-state index contributed by atoms with van der Waals surface area (Å²) in [5.74, 6) is 0. The number of nitrogen functional groups attached to an aromatic ring is 1. The monoisotopic (exact) mass is 289 g/mol. The third-order valence-electron chi connectivity index (χ3n) is 2.50. The maximum Gasteiger partial charge on any atom is 0.0894 e. The third-order valence-corrected chi connectivity index (χ3v) is 3.77. The van der Waals surface area contributed by atoms with Crippen LogP contribution in [-0.4, -0.2) is 9.78 Å². The summed E-state index contributed by atoms with van der Waals surface area (Å²) in [6.45, 7) is 3.70. The number of nitrogens with two attached hydrogens (primary N) is 1. The van der Waals surface area contributed by atoms with Crippen molar-refractivity contribution in [1.82, 2.24) is 9.78 Å². The average Bonchev–Trinajstić information content (AvgIpc) is 2.51. The van der Waals surface area contributed by atoms with Crippen molar-refractivity contribution in [1.29, 1.82) is 0 Å². The van der Waals surface area contributed by atoms with E-state index in [1.165, 1.54) is 0 Å². The van der Waals surface area contributed by atoms with E-state index >= 15 is 0 Å². The van der Waals surface area contributed by atoms with E-state index in [2.05, 4.69) is 5.10 Å². The van der Waals surface area contributed by atoms with E-state index < -0.39 is 0 Å². The Morgan fingerprint density at radius 2 is 1.71 bits per heavy atom. The summed E-state index contributed by atoms with van der Waals surface area (Å²) >= 11 is 17.9. The molecule has 0 saturated heterocycles. The Bertz CT molecular complexity index is 590. The summed E-state index contributed by atoms with van der Waals surface area (Å²) in [4.78, 5) is 0. The Labute approximate surface area is 114 Å². The van der Waals surface area contributed by atoms with Crippen molar-refractivity contribution in [2.75, 3.05) is 5.73 Å². The number of aryl methyl sites for hydroxylation is 1. The maximum absolute atomic E-state index is 6.09. The number of benzene rings is 1. The van der Waals surface area contributed by atoms with Crippen LogP contribution in [0.3, 0.4) is 0 Å². The van der Waals surface area contributed by atoms with Crippen LogP contribution in [0.25, 0.3) is 5.69 Å². The fraction of sp³-hybridized carbons (Fsp3) is 0.182. The number of halogens is 3. The molecule has 0 aliphatic heterocycles. The molecule has 0 aliphatic rings. The lowest BCUT2D eigenvalue weighted by molar-refractivity contribution is 0.836. The van der Waals surface area contributed by atoms with Crippen LogP contribution in [0.5, 0.6) is 0 Å². The molecule has 2 aromatic rings. The van der Waals surface area contributed by atoms with E-state index in [9.17, 15) is 0 Å². The minimum Gasteiger partial charge on any atom is -0.397 e. The molecular formula is C11H10Cl3N3. The van der Waals surface area contributed by atoms with Crippen molar-refractivity contribution in [3.63, 3.8) is 0 Å². The van der Waals surface area contributed by atoms with Gasteiger partial charge in [-0.25, -0.2) is 4.68 Å². The highest BCUT2D eigenvalue weighted by Crippen LogP contribution is 2.31. The van der Waals surface area contributed by atoms with Crippen LogP contribution >= 0.6 is 34.8 Å². The number of nitrogens with zero attached hydrogens (tertiary/aromatic N) is 2. The lowest BCUT2D eigenvalue weighted by Gasteiger charge is -2.09. The summed E-state index contributed by atoms with van der Waals surface area (Å²) in [6.07, 6.45) is 0. The lowest BCUT2D eigenvalue weighted by atomic mass is 10.2. The van der Waals surface area contributed by atoms with Gasteiger partial charge >= 0.3 is 0 Å². The molecule has 0 aliphatic carbocycles. The number of aromatic nitrogens is 2. The second-order valence-corrected chi connectivity index (χ2v) is 4.91. The second kappa shape index (κ2) is 4.41. The zero-order valence-electron chi connectivity index (χ0n) is 9.26. The molecule has 0 bridgehead atoms. The van der Waals surface area contributed by atoms with Gasteiger partial charge in [0.1, 0.15) is 0 Å². The fourth-order valence-electron chi connectivity index (χ4n) is 1.59. The molecule has 0 radical (unpaired) electrons. The molecule has 0 saturated carbocycles. The van der Waals surface area contributed by atoms with Crippen LogP contribution in [0.15, 0.2) is 12.1 Å². The predicted molar refractivity (Wildman–Crippen MR) is 72.5 cm³/mol. The Morgan fingerprint density at radius 1 is 1.12 bits per heavy atom. The highest BCUT2D eigenvalue weighted by molar-refractivity contribution is 6.42. The van der Waals surface area contributed by atoms with E-state index in [0.29, 0.717) is 26.4 Å². The van der Waals surface area contributed by atoms with Crippen molar-refractivity contribution in [2.45, 2.75) is 13.8 Å². The van der Waals surface area contributed by atoms with E-state index in [4.69, 9.17) is 40.5 Å². The molecule has 3 nitrogen and oxygen atoms in total. The van der Waals surface area contributed by atoms with Gasteiger partial charge < -0.3 is 5.73 Å². The Hall–Kier alpha value is -0.900. The summed E-state index contributed by atoms with van der Waals surface area (Å²) in [5, 5.41) is 5.78. The van der Waals surface area contributed by atoms with Gasteiger partial charge in [-0.2, -0.15) is 5.10 Å². The van der Waals surface area contributed by atoms with Gasteiger partial charge in [-0.15, -0.1) is 0 Å². The molecule has 17 heavy (non-hydrogen) atoms. The van der Waals surface area contributed by atoms with Crippen molar-refractivity contribution in [3.8, 4) is 5.69 Å². The van der Waals surface area contributed by atoms with E-state index in [1.807, 2.05) is 13.8 Å². The van der Waals surface area contributed by atoms with Crippen molar-refractivity contribution in [3.05, 3.63) is 38.6 Å². The van der Waals surface area contributed by atoms with E-state index in [-0.39, 0.29) is 0 Å². The molecule has 1 heterocycles. The van der Waals surface area contributed by atoms with Gasteiger partial charge in [0.05, 0.1) is 37.8 Å². The lowest BCUT2D eigenvalue weighted by Crippen LogP contribution is -2.03. The first-order chi connectivity index (χ1) is 7.91. The topological polar surface area (TPSA) is 43.8 Å². The average molecular weight is 291 g/mol. The molecule has 2 N–H and O–H groups in total. The minimum atomic E-state index is 0.417. The van der Waals surface area contributed by atoms with Crippen LogP contribution in [0, 0.1) is 13.8 Å². The Balaban J connectivity index is 2.68. The zero-order chi connectivity index (χ0) is 12.7. The van der Waals surface area contributed by atoms with Crippen LogP contribution in [0.2, 0.25) is 15.1 Å². The predicted octanol–water partition coefficient (Wildman–Crippen LogP) is 4.03. The number of anilines is 1. The van der Waals surface area contributed by atoms with Crippen LogP contribution in [-0.2, 0) is 0 Å². The van der Waals surface area contributed by atoms with Gasteiger partial charge in [-0.3, -0.25) is 0 Å². The number of hydrogen-bond acceptors (Lipinski definition) is 2. The first-order valence-electron chi connectivity index (χ1n) is 4.88. The molecule has 6 heteroatoms. The highest BCUT2D eigenvalue weighted by Gasteiger charge is 2.14. The summed E-state index contributed by atoms with van der Waals surface area (Å²) in [7, 11) is 0. The SMILES string of the molecule is Cc1nn(-c2cc(Cl)c(Cl)cc2N)c(C)c1Cl. The van der Waals surface area contributed by atoms with Gasteiger partial charge in [0.2, 0.25) is 0 Å². The van der Waals surface area contributed by atoms with Crippen molar-refractivity contribution in [2.24, 2.45) is 0 Å². The molecule has 2 rings (SSSR count). The summed E-state index contributed by atoms with van der Waals surface area (Å²) in [6, 6.07) is 3.28. The standard InChI is InChI=1S/C11H10Cl3N3/c1-5-11(14)6(2)17(16-5)10-4-8(13)7(12)3-9(10)15/h3-4H,15H2,1-2H3. The Morgan fingerprint density at radius 3 is 2.24 bits per heavy atom. The van der Waals surface area contributed by atoms with Crippen molar-refractivity contribution < 1.29 is 0 Å². The van der Waals surface area contributed by atoms with Gasteiger partial charge in [0, 0.05) is 0 Å². The first kappa shape index (κ1) is 12.6. The molecular weight excluding hydrogens is 281 g/mol. The first-order valence-corrected chi connectivity index (χ1v) is 6.02. The third kappa shape index (κ3) is 2.10. The summed E-state index contributed by atoms with van der Waals surface area (Å²) in [5.41, 5.74) is 8.64. The smallest absolute Gasteiger partial charge is 0.0894 e. The molecule has 0 spiro atoms. The molecule has 0 fully saturated rings. The molecule has 0 unspecified atom stereocenters. The number of hydrogen-bond donors (Lipinski definition) is 1. The molecule has 0 amide bonds. The van der Waals surface area contributed by atoms with Gasteiger partial charge in [-0.1, -0.05) is 34.8 Å². The van der Waals surface area contributed by atoms with Crippen molar-refractivity contribution >= 4 is 40.5 Å². The van der Waals surface area contributed by atoms with Gasteiger partial charge in [0.15, 0.2) is 0 Å². The van der Waals surface area contributed by atoms with Gasteiger partial charge in [0.25, 0.3) is 0 Å². The van der Waals surface area contributed by atoms with Crippen LogP contribution in [0.1, 0.15) is 11.4 Å². The van der Waals surface area contributed by atoms with Crippen LogP contribution < -0.4 is 5.73 Å². The van der Waals surface area contributed by atoms with Gasteiger partial charge in [-0.05, 0) is 26.0 Å². The molecule has 1 aromatic carbocycles. The number of rotatable bonds is 1. The highest BCUT2D eigenvalue weighted by atomic mass is 35.5. The fourth-order valence-corrected chi connectivity index (χ4v) is 2.04. The minimum absolute atomic E-state index is 0.417. The van der Waals surface area contributed by atoms with E-state index in [0.717, 1.165) is 11.4 Å². The molecule has 1 aromatic heterocycles. The molecule has 90 valence electrons. The quantitative estimate of drug-likeness (QED) is 0.806. The van der Waals surface area contributed by atoms with E-state index in [1.54, 1.807) is 16.8 Å².